The molecule has 0 aliphatic heterocycles. The Morgan fingerprint density at radius 3 is 2.67 bits per heavy atom. The second-order valence-corrected chi connectivity index (χ2v) is 2.56. The largest absolute Gasteiger partial charge is 0.393 e. The topological polar surface area (TPSA) is 12.0 Å². The number of nitrogens with one attached hydrogen (secondary N) is 1. The van der Waals surface area contributed by atoms with Crippen LogP contribution in [0.5, 0.6) is 0 Å². The average Bonchev–Trinajstić information content (AvgIpc) is 1.87. The van der Waals surface area contributed by atoms with Crippen LogP contribution in [0.15, 0.2) is 11.2 Å². The van der Waals surface area contributed by atoms with Crippen molar-refractivity contribution in [1.29, 1.82) is 0 Å². The summed E-state index contributed by atoms with van der Waals surface area (Å²) in [6, 6.07) is 0. The van der Waals surface area contributed by atoms with Crippen LogP contribution in [0.4, 0.5) is 0 Å². The van der Waals surface area contributed by atoms with Crippen molar-refractivity contribution in [2.24, 2.45) is 5.92 Å². The fourth-order valence-electron chi connectivity index (χ4n) is 0.475. The number of hydrogen-bond acceptors (Lipinski definition) is 1. The highest BCUT2D eigenvalue weighted by atomic mass is 35.5. The van der Waals surface area contributed by atoms with Crippen molar-refractivity contribution >= 4 is 11.6 Å². The summed E-state index contributed by atoms with van der Waals surface area (Å²) in [5.74, 6) is 0.485. The molecule has 0 fully saturated rings. The molecule has 0 radical (unpaired) electrons. The van der Waals surface area contributed by atoms with Crippen molar-refractivity contribution in [2.45, 2.75) is 20.3 Å². The normalized spacial score (nSPS) is 15.3. The molecule has 1 nitrogen and oxygen atoms in total. The first-order chi connectivity index (χ1) is 4.22. The van der Waals surface area contributed by atoms with Gasteiger partial charge in [0.1, 0.15) is 0 Å². The van der Waals surface area contributed by atoms with Gasteiger partial charge in [-0.15, -0.1) is 0 Å². The zero-order valence-electron chi connectivity index (χ0n) is 6.24. The molecule has 54 valence electrons. The van der Waals surface area contributed by atoms with Gasteiger partial charge in [-0.05, 0) is 12.3 Å². The van der Waals surface area contributed by atoms with E-state index in [4.69, 9.17) is 11.6 Å². The lowest BCUT2D eigenvalue weighted by Crippen LogP contribution is -1.98. The Kier molecular flexibility index (Phi) is 4.60. The van der Waals surface area contributed by atoms with E-state index in [-0.39, 0.29) is 0 Å². The van der Waals surface area contributed by atoms with Gasteiger partial charge >= 0.3 is 0 Å². The van der Waals surface area contributed by atoms with Crippen LogP contribution in [0.2, 0.25) is 0 Å². The van der Waals surface area contributed by atoms with E-state index in [1.807, 2.05) is 13.2 Å². The van der Waals surface area contributed by atoms with Crippen molar-refractivity contribution in [2.75, 3.05) is 7.05 Å². The van der Waals surface area contributed by atoms with E-state index in [2.05, 4.69) is 19.2 Å². The van der Waals surface area contributed by atoms with Gasteiger partial charge in [-0.2, -0.15) is 0 Å². The van der Waals surface area contributed by atoms with Crippen molar-refractivity contribution in [3.05, 3.63) is 11.2 Å². The van der Waals surface area contributed by atoms with Crippen LogP contribution in [0.25, 0.3) is 0 Å². The van der Waals surface area contributed by atoms with E-state index in [9.17, 15) is 0 Å². The molecule has 0 aliphatic rings. The maximum Gasteiger partial charge on any atom is 0.0365 e. The maximum absolute atomic E-state index is 5.83. The third-order valence-electron chi connectivity index (χ3n) is 1.37. The first kappa shape index (κ1) is 8.83. The third-order valence-corrected chi connectivity index (χ3v) is 1.85. The Morgan fingerprint density at radius 2 is 2.33 bits per heavy atom. The molecule has 0 heterocycles. The molecule has 2 heteroatoms. The summed E-state index contributed by atoms with van der Waals surface area (Å²) < 4.78 is 0. The molecular weight excluding hydrogens is 134 g/mol. The predicted octanol–water partition coefficient (Wildman–Crippen LogP) is 2.33. The minimum Gasteiger partial charge on any atom is -0.393 e. The molecule has 0 spiro atoms. The SMILES string of the molecule is CCC(C)/C(Cl)=C\NC. The first-order valence-electron chi connectivity index (χ1n) is 3.25. The van der Waals surface area contributed by atoms with E-state index in [1.54, 1.807) is 0 Å². The summed E-state index contributed by atoms with van der Waals surface area (Å²) in [7, 11) is 1.85. The second-order valence-electron chi connectivity index (χ2n) is 2.13. The minimum atomic E-state index is 0.485. The predicted molar refractivity (Wildman–Crippen MR) is 42.5 cm³/mol. The van der Waals surface area contributed by atoms with Crippen LogP contribution >= 0.6 is 11.6 Å². The Morgan fingerprint density at radius 1 is 1.78 bits per heavy atom. The second kappa shape index (κ2) is 4.68. The number of halogens is 1. The molecule has 0 aromatic rings. The maximum atomic E-state index is 5.83. The van der Waals surface area contributed by atoms with E-state index in [0.29, 0.717) is 5.92 Å². The summed E-state index contributed by atoms with van der Waals surface area (Å²) >= 11 is 5.83. The molecule has 0 aliphatic carbocycles. The molecule has 0 aromatic heterocycles. The Balaban J connectivity index is 3.70. The van der Waals surface area contributed by atoms with Crippen LogP contribution in [0.3, 0.4) is 0 Å². The number of hydrogen-bond donors (Lipinski definition) is 1. The highest BCUT2D eigenvalue weighted by molar-refractivity contribution is 6.29. The van der Waals surface area contributed by atoms with Gasteiger partial charge in [-0.25, -0.2) is 0 Å². The molecule has 9 heavy (non-hydrogen) atoms. The lowest BCUT2D eigenvalue weighted by molar-refractivity contribution is 0.680. The lowest BCUT2D eigenvalue weighted by atomic mass is 10.1. The molecule has 1 atom stereocenters. The Hall–Kier alpha value is -0.170. The lowest BCUT2D eigenvalue weighted by Gasteiger charge is -2.04. The van der Waals surface area contributed by atoms with Gasteiger partial charge in [0.05, 0.1) is 0 Å². The van der Waals surface area contributed by atoms with Gasteiger partial charge in [0.15, 0.2) is 0 Å². The van der Waals surface area contributed by atoms with E-state index < -0.39 is 0 Å². The van der Waals surface area contributed by atoms with Gasteiger partial charge < -0.3 is 5.32 Å². The molecule has 1 unspecified atom stereocenters. The van der Waals surface area contributed by atoms with Crippen molar-refractivity contribution < 1.29 is 0 Å². The van der Waals surface area contributed by atoms with Gasteiger partial charge in [-0.1, -0.05) is 25.4 Å². The third kappa shape index (κ3) is 3.41. The zero-order chi connectivity index (χ0) is 7.28. The van der Waals surface area contributed by atoms with Gasteiger partial charge in [-0.3, -0.25) is 0 Å². The van der Waals surface area contributed by atoms with Gasteiger partial charge in [0.25, 0.3) is 0 Å². The van der Waals surface area contributed by atoms with Gasteiger partial charge in [0, 0.05) is 18.3 Å². The van der Waals surface area contributed by atoms with Crippen molar-refractivity contribution in [1.82, 2.24) is 5.32 Å². The molecular formula is C7H14ClN. The molecule has 0 amide bonds. The highest BCUT2D eigenvalue weighted by Gasteiger charge is 2.00. The van der Waals surface area contributed by atoms with E-state index in [1.165, 1.54) is 0 Å². The monoisotopic (exact) mass is 147 g/mol. The van der Waals surface area contributed by atoms with Crippen LogP contribution in [0.1, 0.15) is 20.3 Å². The summed E-state index contributed by atoms with van der Waals surface area (Å²) in [5, 5.41) is 3.79. The summed E-state index contributed by atoms with van der Waals surface area (Å²) in [6.45, 7) is 4.23. The van der Waals surface area contributed by atoms with Crippen LogP contribution < -0.4 is 5.32 Å². The van der Waals surface area contributed by atoms with Crippen molar-refractivity contribution in [3.63, 3.8) is 0 Å². The fraction of sp³-hybridized carbons (Fsp3) is 0.714. The van der Waals surface area contributed by atoms with Crippen LogP contribution in [-0.4, -0.2) is 7.05 Å². The zero-order valence-corrected chi connectivity index (χ0v) is 7.00. The van der Waals surface area contributed by atoms with Crippen molar-refractivity contribution in [3.8, 4) is 0 Å². The molecule has 0 saturated carbocycles. The molecule has 0 rings (SSSR count). The Labute approximate surface area is 62.1 Å². The molecule has 0 bridgehead atoms. The molecule has 1 N–H and O–H groups in total. The highest BCUT2D eigenvalue weighted by Crippen LogP contribution is 2.16. The standard InChI is InChI=1S/C7H14ClN/c1-4-6(2)7(8)5-9-3/h5-6,9H,4H2,1-3H3/b7-5+. The summed E-state index contributed by atoms with van der Waals surface area (Å²) in [6.07, 6.45) is 2.92. The van der Waals surface area contributed by atoms with Crippen LogP contribution in [0, 0.1) is 5.92 Å². The first-order valence-corrected chi connectivity index (χ1v) is 3.63. The summed E-state index contributed by atoms with van der Waals surface area (Å²) in [5.41, 5.74) is 0. The Bertz CT molecular complexity index is 99.1. The van der Waals surface area contributed by atoms with Gasteiger partial charge in [0.2, 0.25) is 0 Å². The van der Waals surface area contributed by atoms with E-state index >= 15 is 0 Å². The minimum absolute atomic E-state index is 0.485. The quantitative estimate of drug-likeness (QED) is 0.646. The smallest absolute Gasteiger partial charge is 0.0365 e. The van der Waals surface area contributed by atoms with Crippen LogP contribution in [-0.2, 0) is 0 Å². The number of allylic oxidation sites excluding steroid dienone is 1. The molecule has 0 aromatic carbocycles. The fourth-order valence-corrected chi connectivity index (χ4v) is 0.739. The average molecular weight is 148 g/mol. The summed E-state index contributed by atoms with van der Waals surface area (Å²) in [4.78, 5) is 0. The number of rotatable bonds is 3. The molecule has 0 saturated heterocycles. The van der Waals surface area contributed by atoms with E-state index in [0.717, 1.165) is 11.5 Å².